The number of hydrogen-bond acceptors (Lipinski definition) is 1. The predicted octanol–water partition coefficient (Wildman–Crippen LogP) is 2.74. The molecular weight excluding hydrogens is 172 g/mol. The highest BCUT2D eigenvalue weighted by Gasteiger charge is 2.08. The second-order valence-corrected chi connectivity index (χ2v) is 3.77. The molecule has 0 aliphatic carbocycles. The number of nitrogens with zero attached hydrogens (tertiary/aromatic N) is 1. The average molecular weight is 187 g/mol. The third kappa shape index (κ3) is 1.82. The van der Waals surface area contributed by atoms with Crippen molar-refractivity contribution in [3.63, 3.8) is 0 Å². The molecule has 2 N–H and O–H groups in total. The minimum atomic E-state index is 0.0579. The first kappa shape index (κ1) is 9.62. The Kier molecular flexibility index (Phi) is 2.80. The second-order valence-electron chi connectivity index (χ2n) is 3.39. The second kappa shape index (κ2) is 3.50. The lowest BCUT2D eigenvalue weighted by Gasteiger charge is -2.08. The Morgan fingerprint density at radius 1 is 1.42 bits per heavy atom. The largest absolute Gasteiger partial charge is 0.336 e. The molecule has 2 nitrogen and oxygen atoms in total. The standard InChI is InChI=1S/C9H15ClN2/c1-6(2)12-5-8(7(3)11)4-9(12)10/h4-7H,11H2,1-3H3. The van der Waals surface area contributed by atoms with E-state index in [1.165, 1.54) is 0 Å². The van der Waals surface area contributed by atoms with Crippen LogP contribution in [0.15, 0.2) is 12.3 Å². The molecular formula is C9H15ClN2. The van der Waals surface area contributed by atoms with E-state index in [9.17, 15) is 0 Å². The van der Waals surface area contributed by atoms with Gasteiger partial charge in [-0.25, -0.2) is 0 Å². The third-order valence-corrected chi connectivity index (χ3v) is 2.21. The molecule has 0 saturated carbocycles. The van der Waals surface area contributed by atoms with Gasteiger partial charge in [-0.2, -0.15) is 0 Å². The Balaban J connectivity index is 3.00. The fourth-order valence-corrected chi connectivity index (χ4v) is 1.49. The van der Waals surface area contributed by atoms with Crippen molar-refractivity contribution in [2.24, 2.45) is 5.73 Å². The summed E-state index contributed by atoms with van der Waals surface area (Å²) in [5.41, 5.74) is 6.82. The number of aromatic nitrogens is 1. The molecule has 1 atom stereocenters. The summed E-state index contributed by atoms with van der Waals surface area (Å²) >= 11 is 5.99. The molecule has 0 saturated heterocycles. The van der Waals surface area contributed by atoms with Gasteiger partial charge in [0.25, 0.3) is 0 Å². The maximum absolute atomic E-state index is 5.99. The van der Waals surface area contributed by atoms with Crippen molar-refractivity contribution in [1.82, 2.24) is 4.57 Å². The first-order valence-electron chi connectivity index (χ1n) is 4.15. The molecule has 1 rings (SSSR count). The van der Waals surface area contributed by atoms with E-state index in [1.54, 1.807) is 0 Å². The van der Waals surface area contributed by atoms with Gasteiger partial charge in [-0.1, -0.05) is 11.6 Å². The van der Waals surface area contributed by atoms with E-state index in [1.807, 2.05) is 23.8 Å². The summed E-state index contributed by atoms with van der Waals surface area (Å²) in [5, 5.41) is 0.761. The molecule has 1 unspecified atom stereocenters. The third-order valence-electron chi connectivity index (χ3n) is 1.90. The number of hydrogen-bond donors (Lipinski definition) is 1. The summed E-state index contributed by atoms with van der Waals surface area (Å²) in [6.07, 6.45) is 2.01. The number of nitrogens with two attached hydrogens (primary N) is 1. The van der Waals surface area contributed by atoms with Crippen molar-refractivity contribution in [2.75, 3.05) is 0 Å². The quantitative estimate of drug-likeness (QED) is 0.757. The summed E-state index contributed by atoms with van der Waals surface area (Å²) in [5.74, 6) is 0. The van der Waals surface area contributed by atoms with Crippen molar-refractivity contribution in [2.45, 2.75) is 32.9 Å². The number of halogens is 1. The maximum Gasteiger partial charge on any atom is 0.109 e. The fraction of sp³-hybridized carbons (Fsp3) is 0.556. The van der Waals surface area contributed by atoms with E-state index in [-0.39, 0.29) is 6.04 Å². The summed E-state index contributed by atoms with van der Waals surface area (Å²) < 4.78 is 2.01. The molecule has 1 heterocycles. The predicted molar refractivity (Wildman–Crippen MR) is 52.4 cm³/mol. The molecule has 0 aliphatic heterocycles. The van der Waals surface area contributed by atoms with Crippen LogP contribution < -0.4 is 5.73 Å². The van der Waals surface area contributed by atoms with Gasteiger partial charge in [0.05, 0.1) is 0 Å². The lowest BCUT2D eigenvalue weighted by atomic mass is 10.2. The maximum atomic E-state index is 5.99. The minimum absolute atomic E-state index is 0.0579. The Bertz CT molecular complexity index is 263. The van der Waals surface area contributed by atoms with Crippen LogP contribution in [0.1, 0.15) is 38.4 Å². The van der Waals surface area contributed by atoms with Crippen LogP contribution >= 0.6 is 11.6 Å². The van der Waals surface area contributed by atoms with E-state index >= 15 is 0 Å². The molecule has 3 heteroatoms. The molecule has 12 heavy (non-hydrogen) atoms. The molecule has 0 fully saturated rings. The molecule has 0 radical (unpaired) electrons. The van der Waals surface area contributed by atoms with E-state index in [2.05, 4.69) is 13.8 Å². The van der Waals surface area contributed by atoms with Gasteiger partial charge in [0.2, 0.25) is 0 Å². The Morgan fingerprint density at radius 3 is 2.25 bits per heavy atom. The lowest BCUT2D eigenvalue weighted by molar-refractivity contribution is 0.601. The van der Waals surface area contributed by atoms with Crippen LogP contribution in [0, 0.1) is 0 Å². The molecule has 0 spiro atoms. The summed E-state index contributed by atoms with van der Waals surface area (Å²) in [4.78, 5) is 0. The highest BCUT2D eigenvalue weighted by molar-refractivity contribution is 6.29. The molecule has 0 amide bonds. The fourth-order valence-electron chi connectivity index (χ4n) is 1.12. The van der Waals surface area contributed by atoms with Gasteiger partial charge in [0.1, 0.15) is 5.15 Å². The SMILES string of the molecule is CC(N)c1cc(Cl)n(C(C)C)c1. The molecule has 1 aromatic heterocycles. The summed E-state index contributed by atoms with van der Waals surface area (Å²) in [6.45, 7) is 6.14. The zero-order valence-corrected chi connectivity index (χ0v) is 8.47. The van der Waals surface area contributed by atoms with Crippen molar-refractivity contribution in [1.29, 1.82) is 0 Å². The van der Waals surface area contributed by atoms with Gasteiger partial charge < -0.3 is 10.3 Å². The highest BCUT2D eigenvalue weighted by atomic mass is 35.5. The zero-order valence-electron chi connectivity index (χ0n) is 7.71. The van der Waals surface area contributed by atoms with E-state index < -0.39 is 0 Å². The Hall–Kier alpha value is -0.470. The Morgan fingerprint density at radius 2 is 2.00 bits per heavy atom. The van der Waals surface area contributed by atoms with Crippen LogP contribution in [0.2, 0.25) is 5.15 Å². The normalized spacial score (nSPS) is 13.8. The van der Waals surface area contributed by atoms with Gasteiger partial charge in [0, 0.05) is 18.3 Å². The number of rotatable bonds is 2. The summed E-state index contributed by atoms with van der Waals surface area (Å²) in [6, 6.07) is 2.37. The van der Waals surface area contributed by atoms with Gasteiger partial charge >= 0.3 is 0 Å². The molecule has 1 aromatic rings. The highest BCUT2D eigenvalue weighted by Crippen LogP contribution is 2.22. The monoisotopic (exact) mass is 186 g/mol. The van der Waals surface area contributed by atoms with Crippen LogP contribution in [0.4, 0.5) is 0 Å². The van der Waals surface area contributed by atoms with Gasteiger partial charge in [-0.05, 0) is 32.4 Å². The first-order chi connectivity index (χ1) is 5.52. The van der Waals surface area contributed by atoms with Crippen molar-refractivity contribution in [3.05, 3.63) is 23.0 Å². The van der Waals surface area contributed by atoms with E-state index in [0.29, 0.717) is 6.04 Å². The molecule has 68 valence electrons. The van der Waals surface area contributed by atoms with Crippen molar-refractivity contribution < 1.29 is 0 Å². The zero-order chi connectivity index (χ0) is 9.30. The molecule has 0 aliphatic rings. The smallest absolute Gasteiger partial charge is 0.109 e. The van der Waals surface area contributed by atoms with Gasteiger partial charge in [0.15, 0.2) is 0 Å². The lowest BCUT2D eigenvalue weighted by Crippen LogP contribution is -2.04. The van der Waals surface area contributed by atoms with Crippen LogP contribution in [0.3, 0.4) is 0 Å². The topological polar surface area (TPSA) is 30.9 Å². The van der Waals surface area contributed by atoms with Crippen LogP contribution in [0.5, 0.6) is 0 Å². The summed E-state index contributed by atoms with van der Waals surface area (Å²) in [7, 11) is 0. The first-order valence-corrected chi connectivity index (χ1v) is 4.53. The van der Waals surface area contributed by atoms with Crippen molar-refractivity contribution in [3.8, 4) is 0 Å². The minimum Gasteiger partial charge on any atom is -0.336 e. The Labute approximate surface area is 78.3 Å². The van der Waals surface area contributed by atoms with E-state index in [4.69, 9.17) is 17.3 Å². The molecule has 0 aromatic carbocycles. The van der Waals surface area contributed by atoms with Crippen LogP contribution in [-0.4, -0.2) is 4.57 Å². The molecule has 0 bridgehead atoms. The van der Waals surface area contributed by atoms with Crippen LogP contribution in [-0.2, 0) is 0 Å². The van der Waals surface area contributed by atoms with E-state index in [0.717, 1.165) is 10.7 Å². The van der Waals surface area contributed by atoms with Crippen molar-refractivity contribution >= 4 is 11.6 Å². The van der Waals surface area contributed by atoms with Gasteiger partial charge in [-0.15, -0.1) is 0 Å². The van der Waals surface area contributed by atoms with Gasteiger partial charge in [-0.3, -0.25) is 0 Å². The van der Waals surface area contributed by atoms with Crippen LogP contribution in [0.25, 0.3) is 0 Å². The average Bonchev–Trinajstić information content (AvgIpc) is 2.30.